The first-order valence-corrected chi connectivity index (χ1v) is 15.5. The van der Waals surface area contributed by atoms with Gasteiger partial charge in [-0.3, -0.25) is 9.36 Å². The van der Waals surface area contributed by atoms with Crippen LogP contribution in [0.25, 0.3) is 11.1 Å². The molecule has 4 aromatic rings. The lowest BCUT2D eigenvalue weighted by molar-refractivity contribution is -0.137. The van der Waals surface area contributed by atoms with Crippen LogP contribution < -0.4 is 10.6 Å². The van der Waals surface area contributed by atoms with Gasteiger partial charge in [-0.15, -0.1) is 0 Å². The van der Waals surface area contributed by atoms with Gasteiger partial charge in [-0.05, 0) is 47.4 Å². The predicted molar refractivity (Wildman–Crippen MR) is 157 cm³/mol. The molecule has 1 aliphatic rings. The number of nitrogens with zero attached hydrogens (tertiary/aromatic N) is 3. The second-order valence-corrected chi connectivity index (χ2v) is 12.6. The van der Waals surface area contributed by atoms with Crippen LogP contribution in [-0.2, 0) is 28.0 Å². The zero-order valence-corrected chi connectivity index (χ0v) is 24.1. The van der Waals surface area contributed by atoms with Crippen molar-refractivity contribution in [2.75, 3.05) is 31.0 Å². The van der Waals surface area contributed by atoms with Gasteiger partial charge < -0.3 is 20.1 Å². The zero-order valence-electron chi connectivity index (χ0n) is 23.2. The summed E-state index contributed by atoms with van der Waals surface area (Å²) in [5.41, 5.74) is 3.22. The maximum absolute atomic E-state index is 14.0. The second-order valence-electron chi connectivity index (χ2n) is 10.0. The molecular formula is C30H29F3N5O3P. The van der Waals surface area contributed by atoms with Crippen LogP contribution >= 0.6 is 7.37 Å². The number of hydrogen-bond acceptors (Lipinski definition) is 7. The van der Waals surface area contributed by atoms with E-state index in [9.17, 15) is 22.5 Å². The molecular weight excluding hydrogens is 566 g/mol. The molecule has 218 valence electrons. The lowest BCUT2D eigenvalue weighted by Crippen LogP contribution is -2.18. The van der Waals surface area contributed by atoms with Crippen LogP contribution in [0.15, 0.2) is 72.9 Å². The van der Waals surface area contributed by atoms with E-state index in [4.69, 9.17) is 4.52 Å². The van der Waals surface area contributed by atoms with Gasteiger partial charge in [0.2, 0.25) is 13.3 Å². The van der Waals surface area contributed by atoms with Gasteiger partial charge in [-0.2, -0.15) is 18.2 Å². The summed E-state index contributed by atoms with van der Waals surface area (Å²) in [6.45, 7) is 4.02. The number of carbonyl (C=O) groups excluding carboxylic acids is 1. The van der Waals surface area contributed by atoms with Gasteiger partial charge >= 0.3 is 6.18 Å². The van der Waals surface area contributed by atoms with E-state index in [1.54, 1.807) is 57.0 Å². The van der Waals surface area contributed by atoms with Crippen molar-refractivity contribution >= 4 is 36.4 Å². The molecule has 8 nitrogen and oxygen atoms in total. The van der Waals surface area contributed by atoms with Gasteiger partial charge in [0.25, 0.3) is 5.91 Å². The average molecular weight is 596 g/mol. The number of benzene rings is 3. The lowest BCUT2D eigenvalue weighted by atomic mass is 9.95. The largest absolute Gasteiger partial charge is 0.421 e. The van der Waals surface area contributed by atoms with E-state index in [0.29, 0.717) is 30.6 Å². The van der Waals surface area contributed by atoms with Crippen LogP contribution in [0.4, 0.5) is 36.3 Å². The molecule has 42 heavy (non-hydrogen) atoms. The van der Waals surface area contributed by atoms with Crippen molar-refractivity contribution in [2.24, 2.45) is 0 Å². The van der Waals surface area contributed by atoms with Crippen molar-refractivity contribution in [3.05, 3.63) is 95.2 Å². The van der Waals surface area contributed by atoms with Gasteiger partial charge in [-0.25, -0.2) is 4.98 Å². The normalized spacial score (nSPS) is 14.4. The maximum Gasteiger partial charge on any atom is 0.421 e. The third-order valence-corrected chi connectivity index (χ3v) is 8.53. The highest BCUT2D eigenvalue weighted by Gasteiger charge is 2.37. The summed E-state index contributed by atoms with van der Waals surface area (Å²) >= 11 is 0. The first-order chi connectivity index (χ1) is 19.9. The summed E-state index contributed by atoms with van der Waals surface area (Å²) < 4.78 is 59.8. The molecule has 0 radical (unpaired) electrons. The summed E-state index contributed by atoms with van der Waals surface area (Å²) in [6, 6.07) is 19.8. The molecule has 12 heteroatoms. The average Bonchev–Trinajstić information content (AvgIpc) is 3.24. The van der Waals surface area contributed by atoms with Crippen molar-refractivity contribution < 1.29 is 27.1 Å². The van der Waals surface area contributed by atoms with E-state index in [0.717, 1.165) is 22.3 Å². The summed E-state index contributed by atoms with van der Waals surface area (Å²) in [5.74, 6) is -0.862. The number of fused-ring (bicyclic) bond motifs is 1. The predicted octanol–water partition coefficient (Wildman–Crippen LogP) is 7.68. The monoisotopic (exact) mass is 595 g/mol. The number of amides is 1. The fraction of sp³-hybridized carbons (Fsp3) is 0.233. The molecule has 1 amide bonds. The molecule has 2 N–H and O–H groups in total. The Hall–Kier alpha value is -4.21. The minimum atomic E-state index is -4.74. The summed E-state index contributed by atoms with van der Waals surface area (Å²) in [6.07, 6.45) is -3.79. The molecule has 2 heterocycles. The first-order valence-electron chi connectivity index (χ1n) is 13.2. The second kappa shape index (κ2) is 11.6. The molecule has 1 aliphatic heterocycles. The number of nitrogens with one attached hydrogen (secondary N) is 2. The number of rotatable bonds is 9. The van der Waals surface area contributed by atoms with Crippen molar-refractivity contribution in [3.8, 4) is 11.1 Å². The number of alkyl halides is 3. The highest BCUT2D eigenvalue weighted by atomic mass is 31.2. The minimum Gasteiger partial charge on any atom is -0.339 e. The molecule has 0 saturated heterocycles. The van der Waals surface area contributed by atoms with Gasteiger partial charge in [0.15, 0.2) is 0 Å². The van der Waals surface area contributed by atoms with E-state index in [1.807, 2.05) is 30.3 Å². The standard InChI is InChI=1S/C30H29F3N5O3P/c1-4-41-42(3,40)18-19-10-12-21(13-11-19)35-29-34-16-24(30(31,32)33)27(37-29)36-25-15-14-22(20-8-6-5-7-9-20)23-17-38(2)28(39)26(23)25/h5-16H,4,17-18H2,1-3H3,(H2,34,35,36,37). The molecule has 1 unspecified atom stereocenters. The molecule has 3 aromatic carbocycles. The summed E-state index contributed by atoms with van der Waals surface area (Å²) in [7, 11) is -1.13. The highest BCUT2D eigenvalue weighted by molar-refractivity contribution is 7.57. The van der Waals surface area contributed by atoms with Gasteiger partial charge in [-0.1, -0.05) is 48.5 Å². The summed E-state index contributed by atoms with van der Waals surface area (Å²) in [5, 5.41) is 5.70. The third kappa shape index (κ3) is 6.32. The number of carbonyl (C=O) groups is 1. The number of anilines is 4. The molecule has 5 rings (SSSR count). The molecule has 1 aromatic heterocycles. The van der Waals surface area contributed by atoms with E-state index >= 15 is 0 Å². The molecule has 0 spiro atoms. The Kier molecular flexibility index (Phi) is 8.08. The Labute approximate surface area is 241 Å². The molecule has 0 saturated carbocycles. The van der Waals surface area contributed by atoms with Crippen molar-refractivity contribution in [1.29, 1.82) is 0 Å². The number of hydrogen-bond donors (Lipinski definition) is 2. The Morgan fingerprint density at radius 3 is 2.40 bits per heavy atom. The minimum absolute atomic E-state index is 0.0743. The molecule has 0 bridgehead atoms. The van der Waals surface area contributed by atoms with Crippen LogP contribution in [-0.4, -0.2) is 41.1 Å². The third-order valence-electron chi connectivity index (χ3n) is 6.78. The van der Waals surface area contributed by atoms with Crippen LogP contribution in [0.1, 0.15) is 34.0 Å². The Morgan fingerprint density at radius 2 is 1.74 bits per heavy atom. The van der Waals surface area contributed by atoms with Crippen molar-refractivity contribution in [1.82, 2.24) is 14.9 Å². The molecule has 1 atom stereocenters. The van der Waals surface area contributed by atoms with Crippen LogP contribution in [0.3, 0.4) is 0 Å². The fourth-order valence-corrected chi connectivity index (χ4v) is 6.41. The van der Waals surface area contributed by atoms with E-state index in [-0.39, 0.29) is 23.7 Å². The zero-order chi connectivity index (χ0) is 30.1. The van der Waals surface area contributed by atoms with Crippen molar-refractivity contribution in [2.45, 2.75) is 25.8 Å². The van der Waals surface area contributed by atoms with E-state index in [2.05, 4.69) is 20.6 Å². The fourth-order valence-electron chi connectivity index (χ4n) is 4.89. The quantitative estimate of drug-likeness (QED) is 0.192. The van der Waals surface area contributed by atoms with Gasteiger partial charge in [0, 0.05) is 38.3 Å². The molecule has 0 aliphatic carbocycles. The number of halogens is 3. The van der Waals surface area contributed by atoms with Crippen LogP contribution in [0, 0.1) is 0 Å². The van der Waals surface area contributed by atoms with E-state index in [1.165, 1.54) is 4.90 Å². The Balaban J connectivity index is 1.46. The van der Waals surface area contributed by atoms with E-state index < -0.39 is 24.9 Å². The Morgan fingerprint density at radius 1 is 1.02 bits per heavy atom. The smallest absolute Gasteiger partial charge is 0.339 e. The van der Waals surface area contributed by atoms with Gasteiger partial charge in [0.1, 0.15) is 11.4 Å². The first kappa shape index (κ1) is 29.3. The highest BCUT2D eigenvalue weighted by Crippen LogP contribution is 2.46. The van der Waals surface area contributed by atoms with Crippen LogP contribution in [0.2, 0.25) is 0 Å². The maximum atomic E-state index is 14.0. The van der Waals surface area contributed by atoms with Crippen LogP contribution in [0.5, 0.6) is 0 Å². The van der Waals surface area contributed by atoms with Crippen molar-refractivity contribution in [3.63, 3.8) is 0 Å². The lowest BCUT2D eigenvalue weighted by Gasteiger charge is -2.17. The van der Waals surface area contributed by atoms with Gasteiger partial charge in [0.05, 0.1) is 17.9 Å². The topological polar surface area (TPSA) is 96.4 Å². The Bertz CT molecular complexity index is 1660. The molecule has 0 fully saturated rings. The summed E-state index contributed by atoms with van der Waals surface area (Å²) in [4.78, 5) is 22.7. The SMILES string of the molecule is CCOP(C)(=O)Cc1ccc(Nc2ncc(C(F)(F)F)c(Nc3ccc(-c4ccccc4)c4c3C(=O)N(C)C4)n2)cc1. The number of aromatic nitrogens is 2.